The summed E-state index contributed by atoms with van der Waals surface area (Å²) in [5.74, 6) is -0.310. The van der Waals surface area contributed by atoms with Crippen LogP contribution in [0, 0.1) is 0 Å². The van der Waals surface area contributed by atoms with Gasteiger partial charge in [-0.3, -0.25) is 4.79 Å². The van der Waals surface area contributed by atoms with Crippen LogP contribution in [0.2, 0.25) is 0 Å². The molecule has 4 N–H and O–H groups in total. The van der Waals surface area contributed by atoms with E-state index < -0.39 is 0 Å². The summed E-state index contributed by atoms with van der Waals surface area (Å²) < 4.78 is 0. The van der Waals surface area contributed by atoms with Crippen molar-refractivity contribution < 1.29 is 9.90 Å². The van der Waals surface area contributed by atoms with Crippen LogP contribution >= 0.6 is 0 Å². The van der Waals surface area contributed by atoms with Gasteiger partial charge in [0.05, 0.1) is 6.10 Å². The van der Waals surface area contributed by atoms with Crippen molar-refractivity contribution in [1.29, 1.82) is 0 Å². The summed E-state index contributed by atoms with van der Waals surface area (Å²) in [5, 5.41) is 12.9. The Kier molecular flexibility index (Phi) is 3.50. The summed E-state index contributed by atoms with van der Waals surface area (Å²) in [6.07, 6.45) is 2.90. The molecule has 0 aromatic carbocycles. The van der Waals surface area contributed by atoms with Gasteiger partial charge in [0.15, 0.2) is 0 Å². The van der Waals surface area contributed by atoms with Gasteiger partial charge in [-0.2, -0.15) is 0 Å². The minimum atomic E-state index is -0.318. The summed E-state index contributed by atoms with van der Waals surface area (Å²) in [6, 6.07) is 0.115. The second-order valence-corrected chi connectivity index (χ2v) is 4.78. The molecule has 1 aliphatic rings. The molecule has 0 saturated heterocycles. The van der Waals surface area contributed by atoms with Crippen LogP contribution in [0.4, 0.5) is 0 Å². The number of hydrogen-bond acceptors (Lipinski definition) is 3. The molecule has 2 atom stereocenters. The second-order valence-electron chi connectivity index (χ2n) is 4.78. The van der Waals surface area contributed by atoms with Gasteiger partial charge in [0.1, 0.15) is 0 Å². The van der Waals surface area contributed by atoms with Crippen LogP contribution in [0.15, 0.2) is 0 Å². The van der Waals surface area contributed by atoms with E-state index in [0.717, 1.165) is 19.3 Å². The Morgan fingerprint density at radius 3 is 2.64 bits per heavy atom. The van der Waals surface area contributed by atoms with Gasteiger partial charge in [-0.15, -0.1) is 0 Å². The molecule has 0 aromatic rings. The highest BCUT2D eigenvalue weighted by molar-refractivity contribution is 5.75. The molecule has 0 unspecified atom stereocenters. The molecule has 1 fully saturated rings. The quantitative estimate of drug-likeness (QED) is 0.604. The van der Waals surface area contributed by atoms with E-state index in [1.165, 1.54) is 0 Å². The number of aliphatic hydroxyl groups is 1. The summed E-state index contributed by atoms with van der Waals surface area (Å²) in [5.41, 5.74) is 4.83. The van der Waals surface area contributed by atoms with Crippen LogP contribution in [-0.4, -0.2) is 28.7 Å². The maximum absolute atomic E-state index is 10.8. The van der Waals surface area contributed by atoms with Crippen LogP contribution in [0.25, 0.3) is 0 Å². The molecule has 1 aliphatic carbocycles. The van der Waals surface area contributed by atoms with Crippen molar-refractivity contribution in [2.24, 2.45) is 5.73 Å². The summed E-state index contributed by atoms with van der Waals surface area (Å²) in [7, 11) is 0. The third-order valence-electron chi connectivity index (χ3n) is 2.67. The first-order valence-electron chi connectivity index (χ1n) is 5.15. The maximum Gasteiger partial charge on any atom is 0.219 e. The number of hydrogen-bond donors (Lipinski definition) is 3. The van der Waals surface area contributed by atoms with Crippen molar-refractivity contribution in [3.05, 3.63) is 0 Å². The van der Waals surface area contributed by atoms with Gasteiger partial charge in [-0.25, -0.2) is 0 Å². The van der Waals surface area contributed by atoms with E-state index in [4.69, 9.17) is 5.73 Å². The maximum atomic E-state index is 10.8. The molecular weight excluding hydrogens is 180 g/mol. The lowest BCUT2D eigenvalue weighted by Crippen LogP contribution is -2.50. The number of rotatable bonds is 4. The smallest absolute Gasteiger partial charge is 0.219 e. The van der Waals surface area contributed by atoms with Crippen molar-refractivity contribution >= 4 is 5.91 Å². The lowest BCUT2D eigenvalue weighted by molar-refractivity contribution is -0.119. The van der Waals surface area contributed by atoms with Crippen molar-refractivity contribution in [3.8, 4) is 0 Å². The molecule has 0 spiro atoms. The third-order valence-corrected chi connectivity index (χ3v) is 2.67. The molecule has 82 valence electrons. The molecule has 0 heterocycles. The van der Waals surface area contributed by atoms with Gasteiger partial charge < -0.3 is 16.2 Å². The fourth-order valence-corrected chi connectivity index (χ4v) is 2.10. The van der Waals surface area contributed by atoms with Gasteiger partial charge in [-0.05, 0) is 33.1 Å². The van der Waals surface area contributed by atoms with Gasteiger partial charge in [0.25, 0.3) is 0 Å². The van der Waals surface area contributed by atoms with E-state index >= 15 is 0 Å². The lowest BCUT2D eigenvalue weighted by atomic mass is 9.98. The normalized spacial score (nSPS) is 27.9. The Balaban J connectivity index is 2.45. The van der Waals surface area contributed by atoms with Gasteiger partial charge in [0.2, 0.25) is 5.91 Å². The second kappa shape index (κ2) is 4.28. The van der Waals surface area contributed by atoms with E-state index in [9.17, 15) is 9.90 Å². The number of carbonyl (C=O) groups excluding carboxylic acids is 1. The van der Waals surface area contributed by atoms with Crippen LogP contribution < -0.4 is 11.1 Å². The van der Waals surface area contributed by atoms with Gasteiger partial charge in [0, 0.05) is 18.0 Å². The molecule has 4 heteroatoms. The van der Waals surface area contributed by atoms with Crippen LogP contribution in [0.3, 0.4) is 0 Å². The minimum Gasteiger partial charge on any atom is -0.392 e. The van der Waals surface area contributed by atoms with Crippen LogP contribution in [0.5, 0.6) is 0 Å². The van der Waals surface area contributed by atoms with Crippen LogP contribution in [0.1, 0.15) is 39.5 Å². The topological polar surface area (TPSA) is 75.4 Å². The monoisotopic (exact) mass is 200 g/mol. The first kappa shape index (κ1) is 11.5. The molecule has 0 aromatic heterocycles. The molecule has 1 amide bonds. The molecule has 1 saturated carbocycles. The zero-order valence-electron chi connectivity index (χ0n) is 8.92. The number of nitrogens with two attached hydrogens (primary N) is 1. The Morgan fingerprint density at radius 1 is 1.57 bits per heavy atom. The van der Waals surface area contributed by atoms with E-state index in [1.54, 1.807) is 0 Å². The molecule has 4 nitrogen and oxygen atoms in total. The minimum absolute atomic E-state index is 0.115. The Hall–Kier alpha value is -0.610. The number of amides is 1. The first-order valence-corrected chi connectivity index (χ1v) is 5.15. The Bertz CT molecular complexity index is 216. The fraction of sp³-hybridized carbons (Fsp3) is 0.900. The highest BCUT2D eigenvalue weighted by atomic mass is 16.3. The number of aliphatic hydroxyl groups excluding tert-OH is 1. The Labute approximate surface area is 84.9 Å². The molecule has 14 heavy (non-hydrogen) atoms. The largest absolute Gasteiger partial charge is 0.392 e. The lowest BCUT2D eigenvalue weighted by Gasteiger charge is -2.30. The van der Waals surface area contributed by atoms with E-state index in [0.29, 0.717) is 6.42 Å². The Morgan fingerprint density at radius 2 is 2.21 bits per heavy atom. The summed E-state index contributed by atoms with van der Waals surface area (Å²) in [6.45, 7) is 3.87. The zero-order chi connectivity index (χ0) is 10.8. The number of primary amides is 1. The van der Waals surface area contributed by atoms with E-state index in [-0.39, 0.29) is 23.6 Å². The molecule has 1 rings (SSSR count). The predicted molar refractivity (Wildman–Crippen MR) is 54.7 cm³/mol. The van der Waals surface area contributed by atoms with E-state index in [1.807, 2.05) is 13.8 Å². The predicted octanol–water partition coefficient (Wildman–Crippen LogP) is 0.143. The zero-order valence-corrected chi connectivity index (χ0v) is 8.92. The van der Waals surface area contributed by atoms with Crippen molar-refractivity contribution in [2.45, 2.75) is 57.2 Å². The third kappa shape index (κ3) is 3.27. The summed E-state index contributed by atoms with van der Waals surface area (Å²) >= 11 is 0. The summed E-state index contributed by atoms with van der Waals surface area (Å²) in [4.78, 5) is 10.8. The molecule has 0 aliphatic heterocycles. The number of nitrogens with one attached hydrogen (secondary N) is 1. The van der Waals surface area contributed by atoms with Crippen molar-refractivity contribution in [2.75, 3.05) is 0 Å². The average Bonchev–Trinajstić information content (AvgIpc) is 2.32. The fourth-order valence-electron chi connectivity index (χ4n) is 2.10. The van der Waals surface area contributed by atoms with Crippen molar-refractivity contribution in [1.82, 2.24) is 5.32 Å². The molecule has 0 radical (unpaired) electrons. The standard InChI is InChI=1S/C10H20N2O2/c1-10(2,6-9(11)14)12-7-4-3-5-8(7)13/h7-8,12-13H,3-6H2,1-2H3,(H2,11,14)/t7-,8-/m0/s1. The van der Waals surface area contributed by atoms with E-state index in [2.05, 4.69) is 5.32 Å². The highest BCUT2D eigenvalue weighted by Gasteiger charge is 2.31. The molecule has 0 bridgehead atoms. The molecular formula is C10H20N2O2. The van der Waals surface area contributed by atoms with Gasteiger partial charge >= 0.3 is 0 Å². The average molecular weight is 200 g/mol. The van der Waals surface area contributed by atoms with Crippen molar-refractivity contribution in [3.63, 3.8) is 0 Å². The van der Waals surface area contributed by atoms with Crippen LogP contribution in [-0.2, 0) is 4.79 Å². The van der Waals surface area contributed by atoms with Gasteiger partial charge in [-0.1, -0.05) is 0 Å². The number of carbonyl (C=O) groups is 1. The first-order chi connectivity index (χ1) is 6.41. The highest BCUT2D eigenvalue weighted by Crippen LogP contribution is 2.22. The SMILES string of the molecule is CC(C)(CC(N)=O)N[C@H]1CCC[C@@H]1O.